The van der Waals surface area contributed by atoms with E-state index in [2.05, 4.69) is 6.58 Å². The maximum atomic E-state index is 10.6. The monoisotopic (exact) mass is 210 g/mol. The standard InChI is InChI=1S/C11H11ClO2/c1-3-4-9-5-8(7-13)6-10(12)11(9)14-2/h3,5-7H,1,4H2,2H3. The number of hydrogen-bond acceptors (Lipinski definition) is 2. The third-order valence-corrected chi connectivity index (χ3v) is 2.13. The molecule has 0 heterocycles. The van der Waals surface area contributed by atoms with E-state index in [1.54, 1.807) is 25.3 Å². The van der Waals surface area contributed by atoms with Gasteiger partial charge in [0.25, 0.3) is 0 Å². The van der Waals surface area contributed by atoms with Crippen LogP contribution in [0.4, 0.5) is 0 Å². The van der Waals surface area contributed by atoms with Crippen LogP contribution < -0.4 is 4.74 Å². The lowest BCUT2D eigenvalue weighted by molar-refractivity contribution is 0.112. The first-order chi connectivity index (χ1) is 6.72. The molecular weight excluding hydrogens is 200 g/mol. The fourth-order valence-electron chi connectivity index (χ4n) is 1.28. The first-order valence-corrected chi connectivity index (χ1v) is 4.53. The molecule has 0 bridgehead atoms. The van der Waals surface area contributed by atoms with Crippen molar-refractivity contribution >= 4 is 17.9 Å². The van der Waals surface area contributed by atoms with Gasteiger partial charge in [-0.15, -0.1) is 6.58 Å². The molecule has 0 N–H and O–H groups in total. The van der Waals surface area contributed by atoms with Crippen LogP contribution >= 0.6 is 11.6 Å². The molecule has 0 aliphatic heterocycles. The zero-order valence-corrected chi connectivity index (χ0v) is 8.67. The van der Waals surface area contributed by atoms with Gasteiger partial charge in [-0.1, -0.05) is 17.7 Å². The molecule has 0 spiro atoms. The zero-order chi connectivity index (χ0) is 10.6. The third kappa shape index (κ3) is 2.15. The largest absolute Gasteiger partial charge is 0.495 e. The van der Waals surface area contributed by atoms with Crippen LogP contribution in [0.3, 0.4) is 0 Å². The minimum absolute atomic E-state index is 0.453. The Hall–Kier alpha value is -1.28. The van der Waals surface area contributed by atoms with Crippen molar-refractivity contribution in [2.24, 2.45) is 0 Å². The molecule has 0 unspecified atom stereocenters. The summed E-state index contributed by atoms with van der Waals surface area (Å²) in [5, 5.41) is 0.453. The number of methoxy groups -OCH3 is 1. The average molecular weight is 211 g/mol. The van der Waals surface area contributed by atoms with E-state index < -0.39 is 0 Å². The highest BCUT2D eigenvalue weighted by Crippen LogP contribution is 2.30. The number of ether oxygens (including phenoxy) is 1. The molecule has 0 saturated carbocycles. The van der Waals surface area contributed by atoms with E-state index in [1.807, 2.05) is 0 Å². The van der Waals surface area contributed by atoms with E-state index >= 15 is 0 Å². The molecule has 14 heavy (non-hydrogen) atoms. The van der Waals surface area contributed by atoms with Gasteiger partial charge in [0.15, 0.2) is 0 Å². The molecule has 0 atom stereocenters. The summed E-state index contributed by atoms with van der Waals surface area (Å²) in [7, 11) is 1.55. The molecule has 2 nitrogen and oxygen atoms in total. The summed E-state index contributed by atoms with van der Waals surface area (Å²) < 4.78 is 5.13. The summed E-state index contributed by atoms with van der Waals surface area (Å²) in [4.78, 5) is 10.6. The molecule has 0 radical (unpaired) electrons. The summed E-state index contributed by atoms with van der Waals surface area (Å²) in [5.74, 6) is 0.608. The van der Waals surface area contributed by atoms with Crippen LogP contribution in [0, 0.1) is 0 Å². The maximum Gasteiger partial charge on any atom is 0.150 e. The van der Waals surface area contributed by atoms with Crippen molar-refractivity contribution in [3.8, 4) is 5.75 Å². The SMILES string of the molecule is C=CCc1cc(C=O)cc(Cl)c1OC. The Morgan fingerprint density at radius 3 is 2.79 bits per heavy atom. The molecule has 0 amide bonds. The van der Waals surface area contributed by atoms with E-state index in [4.69, 9.17) is 16.3 Å². The summed E-state index contributed by atoms with van der Waals surface area (Å²) in [6.07, 6.45) is 3.13. The fourth-order valence-corrected chi connectivity index (χ4v) is 1.60. The highest BCUT2D eigenvalue weighted by molar-refractivity contribution is 6.32. The number of allylic oxidation sites excluding steroid dienone is 1. The summed E-state index contributed by atoms with van der Waals surface area (Å²) in [6.45, 7) is 3.63. The van der Waals surface area contributed by atoms with Crippen molar-refractivity contribution in [3.63, 3.8) is 0 Å². The summed E-state index contributed by atoms with van der Waals surface area (Å²) in [5.41, 5.74) is 1.42. The third-order valence-electron chi connectivity index (χ3n) is 1.85. The van der Waals surface area contributed by atoms with Crippen molar-refractivity contribution in [2.75, 3.05) is 7.11 Å². The second kappa shape index (κ2) is 4.82. The van der Waals surface area contributed by atoms with Crippen LogP contribution in [0.1, 0.15) is 15.9 Å². The normalized spacial score (nSPS) is 9.57. The van der Waals surface area contributed by atoms with E-state index in [1.165, 1.54) is 0 Å². The van der Waals surface area contributed by atoms with Gasteiger partial charge in [0.2, 0.25) is 0 Å². The topological polar surface area (TPSA) is 26.3 Å². The van der Waals surface area contributed by atoms with Crippen LogP contribution in [0.15, 0.2) is 24.8 Å². The Morgan fingerprint density at radius 2 is 2.29 bits per heavy atom. The first-order valence-electron chi connectivity index (χ1n) is 4.15. The van der Waals surface area contributed by atoms with Gasteiger partial charge in [-0.25, -0.2) is 0 Å². The molecular formula is C11H11ClO2. The quantitative estimate of drug-likeness (QED) is 0.564. The Labute approximate surface area is 88.1 Å². The van der Waals surface area contributed by atoms with Crippen LogP contribution in [0.25, 0.3) is 0 Å². The Bertz CT molecular complexity index is 359. The van der Waals surface area contributed by atoms with Gasteiger partial charge in [-0.2, -0.15) is 0 Å². The van der Waals surface area contributed by atoms with Crippen LogP contribution in [0.5, 0.6) is 5.75 Å². The smallest absolute Gasteiger partial charge is 0.150 e. The maximum absolute atomic E-state index is 10.6. The molecule has 74 valence electrons. The predicted molar refractivity (Wildman–Crippen MR) is 57.3 cm³/mol. The van der Waals surface area contributed by atoms with E-state index in [0.29, 0.717) is 22.8 Å². The summed E-state index contributed by atoms with van der Waals surface area (Å²) in [6, 6.07) is 3.33. The minimum Gasteiger partial charge on any atom is -0.495 e. The molecule has 0 aromatic heterocycles. The highest BCUT2D eigenvalue weighted by Gasteiger charge is 2.08. The Kier molecular flexibility index (Phi) is 3.72. The number of carbonyl (C=O) groups excluding carboxylic acids is 1. The number of aldehydes is 1. The van der Waals surface area contributed by atoms with Gasteiger partial charge in [-0.3, -0.25) is 4.79 Å². The fraction of sp³-hybridized carbons (Fsp3) is 0.182. The van der Waals surface area contributed by atoms with Crippen LogP contribution in [-0.4, -0.2) is 13.4 Å². The second-order valence-corrected chi connectivity index (χ2v) is 3.21. The molecule has 0 fully saturated rings. The average Bonchev–Trinajstić information content (AvgIpc) is 2.18. The number of hydrogen-bond donors (Lipinski definition) is 0. The lowest BCUT2D eigenvalue weighted by atomic mass is 10.1. The molecule has 1 aromatic carbocycles. The van der Waals surface area contributed by atoms with Crippen molar-refractivity contribution < 1.29 is 9.53 Å². The second-order valence-electron chi connectivity index (χ2n) is 2.81. The lowest BCUT2D eigenvalue weighted by Crippen LogP contribution is -1.94. The van der Waals surface area contributed by atoms with Crippen molar-refractivity contribution in [2.45, 2.75) is 6.42 Å². The molecule has 1 rings (SSSR count). The molecule has 1 aromatic rings. The van der Waals surface area contributed by atoms with Gasteiger partial charge in [-0.05, 0) is 18.6 Å². The van der Waals surface area contributed by atoms with Crippen LogP contribution in [0.2, 0.25) is 5.02 Å². The predicted octanol–water partition coefficient (Wildman–Crippen LogP) is 2.89. The highest BCUT2D eigenvalue weighted by atomic mass is 35.5. The van der Waals surface area contributed by atoms with Crippen molar-refractivity contribution in [1.82, 2.24) is 0 Å². The van der Waals surface area contributed by atoms with Crippen LogP contribution in [-0.2, 0) is 6.42 Å². The lowest BCUT2D eigenvalue weighted by Gasteiger charge is -2.09. The Morgan fingerprint density at radius 1 is 1.57 bits per heavy atom. The Balaban J connectivity index is 3.26. The molecule has 0 aliphatic carbocycles. The summed E-state index contributed by atoms with van der Waals surface area (Å²) >= 11 is 5.93. The zero-order valence-electron chi connectivity index (χ0n) is 7.92. The number of carbonyl (C=O) groups is 1. The van der Waals surface area contributed by atoms with E-state index in [-0.39, 0.29) is 0 Å². The van der Waals surface area contributed by atoms with Gasteiger partial charge in [0.1, 0.15) is 12.0 Å². The van der Waals surface area contributed by atoms with Crippen molar-refractivity contribution in [3.05, 3.63) is 40.9 Å². The number of halogens is 1. The molecule has 0 saturated heterocycles. The number of benzene rings is 1. The molecule has 0 aliphatic rings. The van der Waals surface area contributed by atoms with Gasteiger partial charge >= 0.3 is 0 Å². The van der Waals surface area contributed by atoms with E-state index in [0.717, 1.165) is 11.8 Å². The number of rotatable bonds is 4. The minimum atomic E-state index is 0.453. The first kappa shape index (κ1) is 10.8. The van der Waals surface area contributed by atoms with Gasteiger partial charge in [0.05, 0.1) is 12.1 Å². The van der Waals surface area contributed by atoms with Gasteiger partial charge < -0.3 is 4.74 Å². The van der Waals surface area contributed by atoms with E-state index in [9.17, 15) is 4.79 Å². The van der Waals surface area contributed by atoms with Gasteiger partial charge in [0, 0.05) is 11.1 Å². The molecule has 3 heteroatoms. The van der Waals surface area contributed by atoms with Crippen molar-refractivity contribution in [1.29, 1.82) is 0 Å².